The van der Waals surface area contributed by atoms with Crippen molar-refractivity contribution in [3.8, 4) is 62.7 Å². The van der Waals surface area contributed by atoms with Crippen molar-refractivity contribution in [3.63, 3.8) is 0 Å². The lowest BCUT2D eigenvalue weighted by atomic mass is 9.86. The van der Waals surface area contributed by atoms with Gasteiger partial charge >= 0.3 is 0 Å². The van der Waals surface area contributed by atoms with Crippen LogP contribution in [0, 0.1) is 34.0 Å². The van der Waals surface area contributed by atoms with Crippen LogP contribution >= 0.6 is 0 Å². The zero-order valence-corrected chi connectivity index (χ0v) is 28.6. The molecule has 8 aromatic rings. The maximum absolute atomic E-state index is 9.96. The molecule has 0 fully saturated rings. The van der Waals surface area contributed by atoms with Crippen LogP contribution in [0.2, 0.25) is 0 Å². The zero-order chi connectivity index (χ0) is 35.5. The summed E-state index contributed by atoms with van der Waals surface area (Å²) in [5.41, 5.74) is 13.1. The van der Waals surface area contributed by atoms with Crippen LogP contribution in [0.15, 0.2) is 145 Å². The van der Waals surface area contributed by atoms with E-state index in [-0.39, 0.29) is 0 Å². The molecule has 8 aromatic carbocycles. The summed E-state index contributed by atoms with van der Waals surface area (Å²) in [5.74, 6) is 0. The molecule has 0 amide bonds. The van der Waals surface area contributed by atoms with E-state index in [1.807, 2.05) is 67.6 Å². The van der Waals surface area contributed by atoms with E-state index in [0.29, 0.717) is 16.7 Å². The Hall–Kier alpha value is -7.25. The van der Waals surface area contributed by atoms with E-state index < -0.39 is 0 Å². The standard InChI is InChI=1S/C49H29N3/c1-29(26-50)14-15-30(2)41-22-43-36-11-6-5-10-35(36)42(32-18-16-31(27-51)17-19-32)23-47(43)48-25-45-40-21-20-37(34-9-4-3-8-33(34)28-52)38-12-7-13-39(49(38)40)44(45)24-46(41)48/h3-25H,1-2H3. The molecule has 0 atom stereocenters. The SMILES string of the molecule is CC(C#N)=CC=C(C)c1cc2c3ccccc3c(-c3ccc(C#N)cc3)cc2c2cc3c(cc12)-c1cccc2c(-c4ccccc4C#N)ccc-3c12. The average Bonchev–Trinajstić information content (AvgIpc) is 3.52. The minimum Gasteiger partial charge on any atom is -0.193 e. The number of allylic oxidation sites excluding steroid dienone is 4. The maximum atomic E-state index is 9.96. The Balaban J connectivity index is 1.39. The molecule has 1 aliphatic rings. The molecule has 0 aromatic heterocycles. The van der Waals surface area contributed by atoms with Gasteiger partial charge in [0.15, 0.2) is 0 Å². The van der Waals surface area contributed by atoms with E-state index in [0.717, 1.165) is 71.1 Å². The molecule has 1 aliphatic carbocycles. The van der Waals surface area contributed by atoms with E-state index in [4.69, 9.17) is 0 Å². The lowest BCUT2D eigenvalue weighted by molar-refractivity contribution is 1.44. The van der Waals surface area contributed by atoms with Crippen molar-refractivity contribution >= 4 is 48.7 Å². The second-order valence-corrected chi connectivity index (χ2v) is 13.5. The maximum Gasteiger partial charge on any atom is 0.0998 e. The van der Waals surface area contributed by atoms with Gasteiger partial charge in [0.2, 0.25) is 0 Å². The molecule has 240 valence electrons. The first-order chi connectivity index (χ1) is 25.5. The van der Waals surface area contributed by atoms with Gasteiger partial charge in [-0.1, -0.05) is 91.0 Å². The Morgan fingerprint density at radius 1 is 0.462 bits per heavy atom. The monoisotopic (exact) mass is 659 g/mol. The third-order valence-corrected chi connectivity index (χ3v) is 10.6. The van der Waals surface area contributed by atoms with Crippen molar-refractivity contribution in [1.82, 2.24) is 0 Å². The van der Waals surface area contributed by atoms with Crippen LogP contribution in [0.5, 0.6) is 0 Å². The topological polar surface area (TPSA) is 71.4 Å². The second kappa shape index (κ2) is 12.0. The fraction of sp³-hybridized carbons (Fsp3) is 0.0408. The summed E-state index contributed by atoms with van der Waals surface area (Å²) in [5, 5.41) is 38.2. The van der Waals surface area contributed by atoms with E-state index in [1.54, 1.807) is 0 Å². The number of nitriles is 3. The minimum atomic E-state index is 0.635. The number of hydrogen-bond acceptors (Lipinski definition) is 3. The van der Waals surface area contributed by atoms with E-state index >= 15 is 0 Å². The molecule has 0 radical (unpaired) electrons. The predicted molar refractivity (Wildman–Crippen MR) is 214 cm³/mol. The molecule has 0 spiro atoms. The van der Waals surface area contributed by atoms with Crippen LogP contribution in [0.25, 0.3) is 93.2 Å². The van der Waals surface area contributed by atoms with Gasteiger partial charge in [-0.25, -0.2) is 0 Å². The molecule has 0 saturated carbocycles. The molecule has 0 unspecified atom stereocenters. The third kappa shape index (κ3) is 4.64. The van der Waals surface area contributed by atoms with Crippen LogP contribution < -0.4 is 0 Å². The van der Waals surface area contributed by atoms with Crippen molar-refractivity contribution in [2.75, 3.05) is 0 Å². The number of hydrogen-bond donors (Lipinski definition) is 0. The fourth-order valence-corrected chi connectivity index (χ4v) is 8.06. The van der Waals surface area contributed by atoms with Crippen molar-refractivity contribution < 1.29 is 0 Å². The third-order valence-electron chi connectivity index (χ3n) is 10.6. The number of rotatable bonds is 4. The van der Waals surface area contributed by atoms with Gasteiger partial charge in [-0.2, -0.15) is 15.8 Å². The highest BCUT2D eigenvalue weighted by atomic mass is 14.3. The summed E-state index contributed by atoms with van der Waals surface area (Å²) < 4.78 is 0. The summed E-state index contributed by atoms with van der Waals surface area (Å²) in [4.78, 5) is 0. The zero-order valence-electron chi connectivity index (χ0n) is 28.6. The van der Waals surface area contributed by atoms with Gasteiger partial charge < -0.3 is 0 Å². The van der Waals surface area contributed by atoms with Crippen LogP contribution in [0.1, 0.15) is 30.5 Å². The minimum absolute atomic E-state index is 0.635. The molecule has 0 saturated heterocycles. The lowest BCUT2D eigenvalue weighted by Gasteiger charge is -2.18. The molecule has 0 N–H and O–H groups in total. The predicted octanol–water partition coefficient (Wildman–Crippen LogP) is 12.9. The summed E-state index contributed by atoms with van der Waals surface area (Å²) in [6, 6.07) is 51.3. The summed E-state index contributed by atoms with van der Waals surface area (Å²) in [6.45, 7) is 3.95. The Morgan fingerprint density at radius 3 is 1.85 bits per heavy atom. The highest BCUT2D eigenvalue weighted by Gasteiger charge is 2.25. The van der Waals surface area contributed by atoms with Crippen molar-refractivity contribution in [2.24, 2.45) is 0 Å². The van der Waals surface area contributed by atoms with Crippen molar-refractivity contribution in [3.05, 3.63) is 162 Å². The Bertz CT molecular complexity index is 3050. The van der Waals surface area contributed by atoms with E-state index in [2.05, 4.69) is 104 Å². The molecule has 52 heavy (non-hydrogen) atoms. The van der Waals surface area contributed by atoms with Gasteiger partial charge in [0.25, 0.3) is 0 Å². The molecule has 0 bridgehead atoms. The van der Waals surface area contributed by atoms with Crippen LogP contribution in [-0.4, -0.2) is 0 Å². The normalized spacial score (nSPS) is 12.2. The second-order valence-electron chi connectivity index (χ2n) is 13.5. The molecular weight excluding hydrogens is 631 g/mol. The first-order valence-corrected chi connectivity index (χ1v) is 17.3. The largest absolute Gasteiger partial charge is 0.193 e. The lowest BCUT2D eigenvalue weighted by Crippen LogP contribution is -1.92. The molecule has 3 nitrogen and oxygen atoms in total. The quantitative estimate of drug-likeness (QED) is 0.107. The van der Waals surface area contributed by atoms with Gasteiger partial charge in [-0.15, -0.1) is 0 Å². The number of nitrogens with zero attached hydrogens (tertiary/aromatic N) is 3. The molecule has 9 rings (SSSR count). The van der Waals surface area contributed by atoms with E-state index in [9.17, 15) is 15.8 Å². The molecular formula is C49H29N3. The van der Waals surface area contributed by atoms with Crippen molar-refractivity contribution in [1.29, 1.82) is 15.8 Å². The van der Waals surface area contributed by atoms with Gasteiger partial charge in [0.05, 0.1) is 29.3 Å². The van der Waals surface area contributed by atoms with Gasteiger partial charge in [0, 0.05) is 11.1 Å². The summed E-state index contributed by atoms with van der Waals surface area (Å²) >= 11 is 0. The highest BCUT2D eigenvalue weighted by Crippen LogP contribution is 2.52. The van der Waals surface area contributed by atoms with Gasteiger partial charge in [-0.3, -0.25) is 0 Å². The number of fused-ring (bicyclic) bond motifs is 8. The van der Waals surface area contributed by atoms with Gasteiger partial charge in [-0.05, 0) is 156 Å². The molecule has 0 heterocycles. The Morgan fingerprint density at radius 2 is 1.08 bits per heavy atom. The Kier molecular flexibility index (Phi) is 7.08. The van der Waals surface area contributed by atoms with Crippen LogP contribution in [0.3, 0.4) is 0 Å². The van der Waals surface area contributed by atoms with Gasteiger partial charge in [0.1, 0.15) is 0 Å². The average molecular weight is 660 g/mol. The van der Waals surface area contributed by atoms with Crippen LogP contribution in [-0.2, 0) is 0 Å². The first kappa shape index (κ1) is 30.8. The number of benzene rings is 8. The summed E-state index contributed by atoms with van der Waals surface area (Å²) in [7, 11) is 0. The Labute approximate surface area is 301 Å². The summed E-state index contributed by atoms with van der Waals surface area (Å²) in [6.07, 6.45) is 3.94. The first-order valence-electron chi connectivity index (χ1n) is 17.3. The highest BCUT2D eigenvalue weighted by molar-refractivity contribution is 6.26. The smallest absolute Gasteiger partial charge is 0.0998 e. The van der Waals surface area contributed by atoms with Crippen molar-refractivity contribution in [2.45, 2.75) is 13.8 Å². The molecule has 0 aliphatic heterocycles. The molecule has 3 heteroatoms. The van der Waals surface area contributed by atoms with E-state index in [1.165, 1.54) is 27.6 Å². The van der Waals surface area contributed by atoms with Crippen LogP contribution in [0.4, 0.5) is 0 Å². The fourth-order valence-electron chi connectivity index (χ4n) is 8.06.